The maximum absolute atomic E-state index is 14.5. The van der Waals surface area contributed by atoms with Gasteiger partial charge >= 0.3 is 6.03 Å². The standard InChI is InChI=1S/C23H26F2N4O3/c24-19-4-2-1-3-18(19)22(30)28-7-9-29(10-8-28)23(31)26-16-17-5-6-21(20(25)15-17)27-11-13-32-14-12-27/h1-6,15H,7-14,16H2,(H,26,31). The van der Waals surface area contributed by atoms with Crippen molar-refractivity contribution in [3.05, 3.63) is 65.2 Å². The number of amides is 3. The summed E-state index contributed by atoms with van der Waals surface area (Å²) in [6, 6.07) is 10.6. The van der Waals surface area contributed by atoms with Gasteiger partial charge in [0.15, 0.2) is 0 Å². The molecule has 2 aromatic rings. The lowest BCUT2D eigenvalue weighted by Gasteiger charge is -2.34. The van der Waals surface area contributed by atoms with E-state index in [1.165, 1.54) is 24.3 Å². The van der Waals surface area contributed by atoms with Crippen molar-refractivity contribution in [2.24, 2.45) is 0 Å². The molecule has 2 aliphatic heterocycles. The normalized spacial score (nSPS) is 16.8. The lowest BCUT2D eigenvalue weighted by Crippen LogP contribution is -2.53. The number of piperazine rings is 1. The number of hydrogen-bond donors (Lipinski definition) is 1. The van der Waals surface area contributed by atoms with Gasteiger partial charge in [0.05, 0.1) is 24.5 Å². The van der Waals surface area contributed by atoms with E-state index in [0.717, 1.165) is 0 Å². The maximum Gasteiger partial charge on any atom is 0.317 e. The summed E-state index contributed by atoms with van der Waals surface area (Å²) >= 11 is 0. The molecule has 0 aliphatic carbocycles. The second-order valence-electron chi connectivity index (χ2n) is 7.80. The van der Waals surface area contributed by atoms with Crippen LogP contribution in [0.3, 0.4) is 0 Å². The monoisotopic (exact) mass is 444 g/mol. The van der Waals surface area contributed by atoms with Gasteiger partial charge < -0.3 is 24.8 Å². The summed E-state index contributed by atoms with van der Waals surface area (Å²) in [5, 5.41) is 2.80. The zero-order valence-corrected chi connectivity index (χ0v) is 17.7. The zero-order valence-electron chi connectivity index (χ0n) is 17.7. The molecule has 0 unspecified atom stereocenters. The Kier molecular flexibility index (Phi) is 6.84. The van der Waals surface area contributed by atoms with E-state index >= 15 is 0 Å². The van der Waals surface area contributed by atoms with Crippen LogP contribution in [0.4, 0.5) is 19.3 Å². The minimum absolute atomic E-state index is 0.0351. The fraction of sp³-hybridized carbons (Fsp3) is 0.391. The number of morpholine rings is 1. The smallest absolute Gasteiger partial charge is 0.317 e. The van der Waals surface area contributed by atoms with Crippen molar-refractivity contribution in [1.29, 1.82) is 0 Å². The first-order chi connectivity index (χ1) is 15.5. The quantitative estimate of drug-likeness (QED) is 0.787. The first-order valence-corrected chi connectivity index (χ1v) is 10.7. The fourth-order valence-corrected chi connectivity index (χ4v) is 3.93. The summed E-state index contributed by atoms with van der Waals surface area (Å²) in [5.41, 5.74) is 1.24. The Morgan fingerprint density at radius 1 is 0.875 bits per heavy atom. The van der Waals surface area contributed by atoms with Gasteiger partial charge in [-0.25, -0.2) is 13.6 Å². The number of rotatable bonds is 4. The molecule has 1 N–H and O–H groups in total. The molecule has 170 valence electrons. The molecular formula is C23H26F2N4O3. The zero-order chi connectivity index (χ0) is 22.5. The molecule has 0 spiro atoms. The number of carbonyl (C=O) groups is 2. The first-order valence-electron chi connectivity index (χ1n) is 10.7. The van der Waals surface area contributed by atoms with E-state index in [0.29, 0.717) is 63.7 Å². The second kappa shape index (κ2) is 9.95. The van der Waals surface area contributed by atoms with Gasteiger partial charge in [-0.15, -0.1) is 0 Å². The van der Waals surface area contributed by atoms with E-state index < -0.39 is 5.82 Å². The highest BCUT2D eigenvalue weighted by Crippen LogP contribution is 2.21. The summed E-state index contributed by atoms with van der Waals surface area (Å²) in [5.74, 6) is -1.25. The molecule has 0 aromatic heterocycles. The van der Waals surface area contributed by atoms with Crippen molar-refractivity contribution in [3.8, 4) is 0 Å². The van der Waals surface area contributed by atoms with Crippen molar-refractivity contribution < 1.29 is 23.1 Å². The maximum atomic E-state index is 14.5. The molecule has 2 aliphatic rings. The Morgan fingerprint density at radius 2 is 1.56 bits per heavy atom. The molecular weight excluding hydrogens is 418 g/mol. The number of carbonyl (C=O) groups excluding carboxylic acids is 2. The average molecular weight is 444 g/mol. The Morgan fingerprint density at radius 3 is 2.25 bits per heavy atom. The van der Waals surface area contributed by atoms with E-state index in [1.807, 2.05) is 4.90 Å². The topological polar surface area (TPSA) is 65.1 Å². The van der Waals surface area contributed by atoms with Crippen molar-refractivity contribution in [2.75, 3.05) is 57.4 Å². The number of urea groups is 1. The van der Waals surface area contributed by atoms with Gasteiger partial charge in [0.1, 0.15) is 11.6 Å². The average Bonchev–Trinajstić information content (AvgIpc) is 2.83. The number of nitrogens with zero attached hydrogens (tertiary/aromatic N) is 3. The number of anilines is 1. The summed E-state index contributed by atoms with van der Waals surface area (Å²) in [6.07, 6.45) is 0. The van der Waals surface area contributed by atoms with Crippen molar-refractivity contribution in [2.45, 2.75) is 6.54 Å². The van der Waals surface area contributed by atoms with Crippen LogP contribution in [0.5, 0.6) is 0 Å². The van der Waals surface area contributed by atoms with E-state index in [2.05, 4.69) is 5.32 Å². The largest absolute Gasteiger partial charge is 0.378 e. The Hall–Kier alpha value is -3.20. The molecule has 0 atom stereocenters. The third-order valence-electron chi connectivity index (χ3n) is 5.77. The van der Waals surface area contributed by atoms with E-state index in [4.69, 9.17) is 4.74 Å². The van der Waals surface area contributed by atoms with Crippen LogP contribution in [0.1, 0.15) is 15.9 Å². The molecule has 32 heavy (non-hydrogen) atoms. The highest BCUT2D eigenvalue weighted by Gasteiger charge is 2.26. The van der Waals surface area contributed by atoms with Gasteiger partial charge in [-0.2, -0.15) is 0 Å². The van der Waals surface area contributed by atoms with Gasteiger partial charge in [-0.05, 0) is 29.8 Å². The minimum Gasteiger partial charge on any atom is -0.378 e. The molecule has 0 radical (unpaired) electrons. The van der Waals surface area contributed by atoms with E-state index in [9.17, 15) is 18.4 Å². The lowest BCUT2D eigenvalue weighted by atomic mass is 10.1. The van der Waals surface area contributed by atoms with Gasteiger partial charge in [0, 0.05) is 45.8 Å². The van der Waals surface area contributed by atoms with Crippen LogP contribution in [0.2, 0.25) is 0 Å². The van der Waals surface area contributed by atoms with Crippen molar-refractivity contribution in [1.82, 2.24) is 15.1 Å². The van der Waals surface area contributed by atoms with Crippen LogP contribution in [0, 0.1) is 11.6 Å². The highest BCUT2D eigenvalue weighted by molar-refractivity contribution is 5.94. The third-order valence-corrected chi connectivity index (χ3v) is 5.77. The first kappa shape index (κ1) is 22.0. The Labute approximate surface area is 185 Å². The molecule has 2 saturated heterocycles. The number of ether oxygens (including phenoxy) is 1. The molecule has 2 aromatic carbocycles. The lowest BCUT2D eigenvalue weighted by molar-refractivity contribution is 0.0660. The Bertz CT molecular complexity index is 973. The van der Waals surface area contributed by atoms with Gasteiger partial charge in [-0.3, -0.25) is 4.79 Å². The fourth-order valence-electron chi connectivity index (χ4n) is 3.93. The number of halogens is 2. The molecule has 2 fully saturated rings. The summed E-state index contributed by atoms with van der Waals surface area (Å²) in [4.78, 5) is 30.1. The highest BCUT2D eigenvalue weighted by atomic mass is 19.1. The van der Waals surface area contributed by atoms with Crippen LogP contribution in [-0.2, 0) is 11.3 Å². The third kappa shape index (κ3) is 4.99. The molecule has 2 heterocycles. The summed E-state index contributed by atoms with van der Waals surface area (Å²) < 4.78 is 33.7. The van der Waals surface area contributed by atoms with E-state index in [1.54, 1.807) is 28.0 Å². The summed E-state index contributed by atoms with van der Waals surface area (Å²) in [6.45, 7) is 4.00. The molecule has 7 nitrogen and oxygen atoms in total. The van der Waals surface area contributed by atoms with Gasteiger partial charge in [0.2, 0.25) is 0 Å². The van der Waals surface area contributed by atoms with Crippen LogP contribution < -0.4 is 10.2 Å². The van der Waals surface area contributed by atoms with Crippen molar-refractivity contribution >= 4 is 17.6 Å². The van der Waals surface area contributed by atoms with Crippen LogP contribution >= 0.6 is 0 Å². The molecule has 9 heteroatoms. The molecule has 3 amide bonds. The Balaban J connectivity index is 1.27. The minimum atomic E-state index is -0.551. The predicted molar refractivity (Wildman–Crippen MR) is 116 cm³/mol. The number of hydrogen-bond acceptors (Lipinski definition) is 4. The molecule has 4 rings (SSSR count). The molecule has 0 saturated carbocycles. The SMILES string of the molecule is O=C(NCc1ccc(N2CCOCC2)c(F)c1)N1CCN(C(=O)c2ccccc2F)CC1. The van der Waals surface area contributed by atoms with Crippen LogP contribution in [0.25, 0.3) is 0 Å². The van der Waals surface area contributed by atoms with Crippen LogP contribution in [0.15, 0.2) is 42.5 Å². The van der Waals surface area contributed by atoms with E-state index in [-0.39, 0.29) is 29.9 Å². The molecule has 0 bridgehead atoms. The summed E-state index contributed by atoms with van der Waals surface area (Å²) in [7, 11) is 0. The number of benzene rings is 2. The van der Waals surface area contributed by atoms with Crippen LogP contribution in [-0.4, -0.2) is 74.2 Å². The van der Waals surface area contributed by atoms with Crippen molar-refractivity contribution in [3.63, 3.8) is 0 Å². The predicted octanol–water partition coefficient (Wildman–Crippen LogP) is 2.47. The number of nitrogens with one attached hydrogen (secondary N) is 1. The van der Waals surface area contributed by atoms with Gasteiger partial charge in [0.25, 0.3) is 5.91 Å². The second-order valence-corrected chi connectivity index (χ2v) is 7.80. The van der Waals surface area contributed by atoms with Gasteiger partial charge in [-0.1, -0.05) is 18.2 Å².